The first kappa shape index (κ1) is 27.4. The Balaban J connectivity index is 1.05. The SMILES string of the molecule is C1=Cc2ccc(C3=CC4c5ccc6ccc(-c7cccc(-c8cc9ccccc9c9ccccc89)c7)cc6c5C=CC4C=C3)cc2CC1. The minimum Gasteiger partial charge on any atom is -0.0836 e. The van der Waals surface area contributed by atoms with Crippen LogP contribution in [0.25, 0.3) is 72.3 Å². The van der Waals surface area contributed by atoms with Gasteiger partial charge in [0.1, 0.15) is 0 Å². The second-order valence-corrected chi connectivity index (χ2v) is 13.6. The first-order valence-electron chi connectivity index (χ1n) is 17.2. The highest BCUT2D eigenvalue weighted by Crippen LogP contribution is 2.44. The van der Waals surface area contributed by atoms with Gasteiger partial charge in [-0.1, -0.05) is 152 Å². The highest BCUT2D eigenvalue weighted by Gasteiger charge is 2.27. The Morgan fingerprint density at radius 3 is 2.25 bits per heavy atom. The van der Waals surface area contributed by atoms with Gasteiger partial charge in [-0.25, -0.2) is 0 Å². The molecular formula is C48H34. The van der Waals surface area contributed by atoms with Crippen molar-refractivity contribution in [1.82, 2.24) is 0 Å². The molecule has 0 aliphatic heterocycles. The molecule has 0 fully saturated rings. The first-order valence-corrected chi connectivity index (χ1v) is 17.2. The number of rotatable bonds is 3. The number of benzene rings is 7. The Kier molecular flexibility index (Phi) is 6.24. The smallest absolute Gasteiger partial charge is 0.0131 e. The van der Waals surface area contributed by atoms with Crippen molar-refractivity contribution in [3.63, 3.8) is 0 Å². The minimum atomic E-state index is 0.332. The van der Waals surface area contributed by atoms with Crippen LogP contribution in [0, 0.1) is 5.92 Å². The number of fused-ring (bicyclic) bond motifs is 9. The van der Waals surface area contributed by atoms with Gasteiger partial charge in [0, 0.05) is 11.8 Å². The van der Waals surface area contributed by atoms with Crippen LogP contribution in [0.15, 0.2) is 158 Å². The monoisotopic (exact) mass is 610 g/mol. The molecule has 0 aromatic heterocycles. The number of hydrogen-bond acceptors (Lipinski definition) is 0. The molecule has 0 radical (unpaired) electrons. The summed E-state index contributed by atoms with van der Waals surface area (Å²) in [5, 5.41) is 7.79. The molecule has 0 amide bonds. The molecule has 10 rings (SSSR count). The molecule has 7 aromatic rings. The van der Waals surface area contributed by atoms with Gasteiger partial charge in [0.15, 0.2) is 0 Å². The molecule has 3 aliphatic carbocycles. The van der Waals surface area contributed by atoms with Crippen LogP contribution >= 0.6 is 0 Å². The molecule has 7 aromatic carbocycles. The fraction of sp³-hybridized carbons (Fsp3) is 0.0833. The van der Waals surface area contributed by atoms with Crippen molar-refractivity contribution < 1.29 is 0 Å². The van der Waals surface area contributed by atoms with E-state index in [-0.39, 0.29) is 0 Å². The van der Waals surface area contributed by atoms with Crippen LogP contribution in [-0.2, 0) is 6.42 Å². The molecule has 226 valence electrons. The lowest BCUT2D eigenvalue weighted by Crippen LogP contribution is -2.15. The van der Waals surface area contributed by atoms with Gasteiger partial charge in [-0.15, -0.1) is 0 Å². The van der Waals surface area contributed by atoms with Crippen LogP contribution in [-0.4, -0.2) is 0 Å². The predicted octanol–water partition coefficient (Wildman–Crippen LogP) is 12.8. The van der Waals surface area contributed by atoms with Crippen molar-refractivity contribution in [3.8, 4) is 22.3 Å². The summed E-state index contributed by atoms with van der Waals surface area (Å²) in [5.41, 5.74) is 13.3. The van der Waals surface area contributed by atoms with Gasteiger partial charge < -0.3 is 0 Å². The molecule has 2 unspecified atom stereocenters. The van der Waals surface area contributed by atoms with Crippen molar-refractivity contribution in [2.24, 2.45) is 5.92 Å². The van der Waals surface area contributed by atoms with Gasteiger partial charge in [-0.05, 0) is 119 Å². The molecule has 3 aliphatic rings. The first-order chi connectivity index (χ1) is 23.8. The summed E-state index contributed by atoms with van der Waals surface area (Å²) in [6.45, 7) is 0. The maximum atomic E-state index is 2.51. The lowest BCUT2D eigenvalue weighted by Gasteiger charge is -2.30. The van der Waals surface area contributed by atoms with Crippen LogP contribution in [0.1, 0.15) is 40.2 Å². The molecule has 0 heterocycles. The Morgan fingerprint density at radius 2 is 1.29 bits per heavy atom. The third-order valence-electron chi connectivity index (χ3n) is 10.8. The lowest BCUT2D eigenvalue weighted by molar-refractivity contribution is 0.696. The van der Waals surface area contributed by atoms with E-state index in [0.717, 1.165) is 12.8 Å². The van der Waals surface area contributed by atoms with Crippen LogP contribution in [0.4, 0.5) is 0 Å². The largest absolute Gasteiger partial charge is 0.0836 e. The van der Waals surface area contributed by atoms with Gasteiger partial charge in [-0.3, -0.25) is 0 Å². The van der Waals surface area contributed by atoms with Crippen molar-refractivity contribution in [1.29, 1.82) is 0 Å². The minimum absolute atomic E-state index is 0.332. The van der Waals surface area contributed by atoms with Crippen LogP contribution in [0.3, 0.4) is 0 Å². The van der Waals surface area contributed by atoms with Crippen molar-refractivity contribution in [3.05, 3.63) is 186 Å². The van der Waals surface area contributed by atoms with Crippen molar-refractivity contribution in [2.75, 3.05) is 0 Å². The van der Waals surface area contributed by atoms with Crippen molar-refractivity contribution >= 4 is 50.0 Å². The Morgan fingerprint density at radius 1 is 0.500 bits per heavy atom. The average molecular weight is 611 g/mol. The molecule has 0 saturated carbocycles. The number of hydrogen-bond donors (Lipinski definition) is 0. The molecular weight excluding hydrogens is 577 g/mol. The fourth-order valence-electron chi connectivity index (χ4n) is 8.36. The molecule has 0 saturated heterocycles. The van der Waals surface area contributed by atoms with Crippen molar-refractivity contribution in [2.45, 2.75) is 18.8 Å². The van der Waals surface area contributed by atoms with Gasteiger partial charge in [0.05, 0.1) is 0 Å². The maximum Gasteiger partial charge on any atom is 0.0131 e. The van der Waals surface area contributed by atoms with E-state index in [4.69, 9.17) is 0 Å². The number of allylic oxidation sites excluding steroid dienone is 6. The van der Waals surface area contributed by atoms with E-state index in [1.54, 1.807) is 0 Å². The topological polar surface area (TPSA) is 0 Å². The van der Waals surface area contributed by atoms with Crippen LogP contribution in [0.5, 0.6) is 0 Å². The van der Waals surface area contributed by atoms with E-state index in [1.807, 2.05) is 0 Å². The lowest BCUT2D eigenvalue weighted by atomic mass is 9.74. The standard InChI is InChI=1S/C48H34/c1-2-9-34-26-36(19-16-31(34)8-1)38-21-18-33-23-24-44-45(47(33)29-38)25-22-32-17-20-37(28-46(32)44)35-11-7-12-39(27-35)48-30-40-10-3-4-13-41(40)42-14-5-6-15-43(42)48/h1,3-8,10-30,33,47H,2,9H2. The second kappa shape index (κ2) is 10.9. The quantitative estimate of drug-likeness (QED) is 0.175. The zero-order chi connectivity index (χ0) is 31.6. The summed E-state index contributed by atoms with van der Waals surface area (Å²) >= 11 is 0. The molecule has 0 bridgehead atoms. The van der Waals surface area contributed by atoms with E-state index in [1.165, 1.54) is 88.0 Å². The molecule has 0 nitrogen and oxygen atoms in total. The molecule has 2 atom stereocenters. The fourth-order valence-corrected chi connectivity index (χ4v) is 8.36. The van der Waals surface area contributed by atoms with Crippen LogP contribution in [0.2, 0.25) is 0 Å². The third-order valence-corrected chi connectivity index (χ3v) is 10.8. The molecule has 0 spiro atoms. The van der Waals surface area contributed by atoms with E-state index in [0.29, 0.717) is 11.8 Å². The predicted molar refractivity (Wildman–Crippen MR) is 206 cm³/mol. The zero-order valence-corrected chi connectivity index (χ0v) is 26.7. The second-order valence-electron chi connectivity index (χ2n) is 13.6. The summed E-state index contributed by atoms with van der Waals surface area (Å²) in [6, 6.07) is 47.7. The number of aryl methyl sites for hydroxylation is 1. The van der Waals surface area contributed by atoms with E-state index < -0.39 is 0 Å². The molecule has 0 N–H and O–H groups in total. The summed E-state index contributed by atoms with van der Waals surface area (Å²) in [4.78, 5) is 0. The van der Waals surface area contributed by atoms with E-state index >= 15 is 0 Å². The van der Waals surface area contributed by atoms with Crippen LogP contribution < -0.4 is 0 Å². The van der Waals surface area contributed by atoms with Gasteiger partial charge in [0.2, 0.25) is 0 Å². The highest BCUT2D eigenvalue weighted by molar-refractivity contribution is 6.14. The molecule has 48 heavy (non-hydrogen) atoms. The third kappa shape index (κ3) is 4.44. The zero-order valence-electron chi connectivity index (χ0n) is 26.7. The van der Waals surface area contributed by atoms with Gasteiger partial charge >= 0.3 is 0 Å². The van der Waals surface area contributed by atoms with E-state index in [9.17, 15) is 0 Å². The summed E-state index contributed by atoms with van der Waals surface area (Å²) in [7, 11) is 0. The highest BCUT2D eigenvalue weighted by atomic mass is 14.3. The normalized spacial score (nSPS) is 17.7. The summed E-state index contributed by atoms with van der Waals surface area (Å²) in [6.07, 6.45) is 18.9. The van der Waals surface area contributed by atoms with Gasteiger partial charge in [0.25, 0.3) is 0 Å². The average Bonchev–Trinajstić information content (AvgIpc) is 3.16. The summed E-state index contributed by atoms with van der Waals surface area (Å²) < 4.78 is 0. The Labute approximate surface area is 281 Å². The van der Waals surface area contributed by atoms with E-state index in [2.05, 4.69) is 170 Å². The Bertz CT molecular complexity index is 2570. The molecule has 0 heteroatoms. The van der Waals surface area contributed by atoms with Gasteiger partial charge in [-0.2, -0.15) is 0 Å². The maximum absolute atomic E-state index is 2.51. The summed E-state index contributed by atoms with van der Waals surface area (Å²) in [5.74, 6) is 0.717. The Hall–Kier alpha value is -5.72.